The molecule has 0 heterocycles. The standard InChI is InChI=1S/C11H16N2O2/c1-3-8-12-13(14)15-9-11-6-4-10(2)5-7-11/h4-7H,3,8-9H2,1-2H3. The number of hydrogen-bond donors (Lipinski definition) is 0. The highest BCUT2D eigenvalue weighted by atomic mass is 16.9. The molecular formula is C11H16N2O2. The van der Waals surface area contributed by atoms with Crippen LogP contribution in [0.15, 0.2) is 29.4 Å². The molecule has 4 nitrogen and oxygen atoms in total. The van der Waals surface area contributed by atoms with E-state index in [0.29, 0.717) is 11.6 Å². The zero-order chi connectivity index (χ0) is 11.1. The third kappa shape index (κ3) is 4.44. The summed E-state index contributed by atoms with van der Waals surface area (Å²) in [6, 6.07) is 7.83. The molecule has 0 saturated heterocycles. The van der Waals surface area contributed by atoms with Crippen LogP contribution in [0.25, 0.3) is 0 Å². The lowest BCUT2D eigenvalue weighted by Crippen LogP contribution is -2.03. The minimum absolute atomic E-state index is 0.261. The van der Waals surface area contributed by atoms with E-state index in [-0.39, 0.29) is 6.61 Å². The molecule has 0 unspecified atom stereocenters. The van der Waals surface area contributed by atoms with Gasteiger partial charge in [-0.3, -0.25) is 0 Å². The van der Waals surface area contributed by atoms with Gasteiger partial charge in [0, 0.05) is 5.11 Å². The highest BCUT2D eigenvalue weighted by Gasteiger charge is 1.95. The molecule has 0 N–H and O–H groups in total. The molecule has 1 rings (SSSR count). The van der Waals surface area contributed by atoms with Gasteiger partial charge in [-0.2, -0.15) is 0 Å². The van der Waals surface area contributed by atoms with E-state index in [0.717, 1.165) is 12.0 Å². The van der Waals surface area contributed by atoms with Gasteiger partial charge in [-0.05, 0) is 18.9 Å². The molecule has 0 atom stereocenters. The molecule has 1 aromatic rings. The van der Waals surface area contributed by atoms with Crippen molar-refractivity contribution in [3.63, 3.8) is 0 Å². The van der Waals surface area contributed by atoms with Gasteiger partial charge in [0.05, 0.1) is 6.61 Å². The van der Waals surface area contributed by atoms with Crippen molar-refractivity contribution in [2.24, 2.45) is 5.11 Å². The topological polar surface area (TPSA) is 47.7 Å². The fourth-order valence-corrected chi connectivity index (χ4v) is 1.04. The third-order valence-electron chi connectivity index (χ3n) is 1.90. The first kappa shape index (κ1) is 11.5. The summed E-state index contributed by atoms with van der Waals surface area (Å²) in [6.45, 7) is 4.73. The Morgan fingerprint density at radius 1 is 1.33 bits per heavy atom. The van der Waals surface area contributed by atoms with Crippen molar-refractivity contribution in [3.05, 3.63) is 40.6 Å². The van der Waals surface area contributed by atoms with Crippen LogP contribution >= 0.6 is 0 Å². The molecule has 4 heteroatoms. The van der Waals surface area contributed by atoms with E-state index in [4.69, 9.17) is 4.84 Å². The number of rotatable bonds is 5. The SMILES string of the molecule is CCCN=[N+]([O-])OCc1ccc(C)cc1. The van der Waals surface area contributed by atoms with Crippen molar-refractivity contribution in [2.75, 3.05) is 6.54 Å². The van der Waals surface area contributed by atoms with Gasteiger partial charge in [-0.1, -0.05) is 36.8 Å². The Kier molecular flexibility index (Phi) is 4.60. The number of hydrogen-bond acceptors (Lipinski definition) is 3. The van der Waals surface area contributed by atoms with E-state index < -0.39 is 0 Å². The maximum atomic E-state index is 11.0. The van der Waals surface area contributed by atoms with Crippen LogP contribution in [-0.4, -0.2) is 11.6 Å². The third-order valence-corrected chi connectivity index (χ3v) is 1.90. The fraction of sp³-hybridized carbons (Fsp3) is 0.455. The van der Waals surface area contributed by atoms with Gasteiger partial charge in [-0.15, -0.1) is 0 Å². The summed E-state index contributed by atoms with van der Waals surface area (Å²) in [5, 5.41) is 14.9. The van der Waals surface area contributed by atoms with Gasteiger partial charge in [0.1, 0.15) is 6.54 Å². The molecular weight excluding hydrogens is 192 g/mol. The number of nitrogens with zero attached hydrogens (tertiary/aromatic N) is 2. The molecule has 15 heavy (non-hydrogen) atoms. The molecule has 0 spiro atoms. The zero-order valence-electron chi connectivity index (χ0n) is 9.14. The smallest absolute Gasteiger partial charge is 0.169 e. The Morgan fingerprint density at radius 3 is 2.60 bits per heavy atom. The second kappa shape index (κ2) is 6.01. The van der Waals surface area contributed by atoms with Crippen LogP contribution in [0.1, 0.15) is 24.5 Å². The van der Waals surface area contributed by atoms with Crippen LogP contribution in [0.4, 0.5) is 0 Å². The normalized spacial score (nSPS) is 11.5. The van der Waals surface area contributed by atoms with Crippen LogP contribution < -0.4 is 0 Å². The van der Waals surface area contributed by atoms with E-state index in [2.05, 4.69) is 5.11 Å². The average molecular weight is 208 g/mol. The summed E-state index contributed by atoms with van der Waals surface area (Å²) < 4.78 is 0. The van der Waals surface area contributed by atoms with Crippen molar-refractivity contribution >= 4 is 0 Å². The summed E-state index contributed by atoms with van der Waals surface area (Å²) in [5.41, 5.74) is 2.15. The highest BCUT2D eigenvalue weighted by molar-refractivity contribution is 5.20. The average Bonchev–Trinajstić information content (AvgIpc) is 2.25. The number of benzene rings is 1. The quantitative estimate of drug-likeness (QED) is 0.551. The van der Waals surface area contributed by atoms with E-state index in [1.807, 2.05) is 38.1 Å². The highest BCUT2D eigenvalue weighted by Crippen LogP contribution is 2.04. The summed E-state index contributed by atoms with van der Waals surface area (Å²) in [4.78, 5) is 4.88. The van der Waals surface area contributed by atoms with E-state index in [1.165, 1.54) is 5.56 Å². The predicted molar refractivity (Wildman–Crippen MR) is 57.2 cm³/mol. The van der Waals surface area contributed by atoms with Gasteiger partial charge >= 0.3 is 0 Å². The predicted octanol–water partition coefficient (Wildman–Crippen LogP) is 2.80. The molecule has 0 aliphatic carbocycles. The summed E-state index contributed by atoms with van der Waals surface area (Å²) in [5.74, 6) is 0. The van der Waals surface area contributed by atoms with Crippen LogP contribution in [-0.2, 0) is 11.4 Å². The summed E-state index contributed by atoms with van der Waals surface area (Å²) in [7, 11) is 0. The molecule has 0 amide bonds. The zero-order valence-corrected chi connectivity index (χ0v) is 9.14. The van der Waals surface area contributed by atoms with Crippen molar-refractivity contribution < 1.29 is 9.86 Å². The summed E-state index contributed by atoms with van der Waals surface area (Å²) in [6.07, 6.45) is 0.840. The summed E-state index contributed by atoms with van der Waals surface area (Å²) >= 11 is 0. The van der Waals surface area contributed by atoms with Gasteiger partial charge in [-0.25, -0.2) is 5.21 Å². The first-order valence-electron chi connectivity index (χ1n) is 5.05. The molecule has 1 aromatic carbocycles. The molecule has 0 saturated carbocycles. The van der Waals surface area contributed by atoms with E-state index in [9.17, 15) is 5.21 Å². The maximum Gasteiger partial charge on any atom is 0.169 e. The Hall–Kier alpha value is -1.58. The lowest BCUT2D eigenvalue weighted by Gasteiger charge is -2.03. The van der Waals surface area contributed by atoms with Crippen LogP contribution in [0.3, 0.4) is 0 Å². The maximum absolute atomic E-state index is 11.0. The molecule has 0 radical (unpaired) electrons. The van der Waals surface area contributed by atoms with Crippen molar-refractivity contribution in [1.82, 2.24) is 0 Å². The second-order valence-electron chi connectivity index (χ2n) is 3.36. The Labute approximate surface area is 89.7 Å². The van der Waals surface area contributed by atoms with Gasteiger partial charge < -0.3 is 4.84 Å². The van der Waals surface area contributed by atoms with Crippen LogP contribution in [0, 0.1) is 12.1 Å². The van der Waals surface area contributed by atoms with Gasteiger partial charge in [0.15, 0.2) is 5.02 Å². The Bertz CT molecular complexity index is 320. The lowest BCUT2D eigenvalue weighted by molar-refractivity contribution is -0.795. The van der Waals surface area contributed by atoms with Gasteiger partial charge in [0.2, 0.25) is 0 Å². The fourth-order valence-electron chi connectivity index (χ4n) is 1.04. The molecule has 0 fully saturated rings. The number of aryl methyl sites for hydroxylation is 1. The molecule has 0 bridgehead atoms. The van der Waals surface area contributed by atoms with Crippen LogP contribution in [0.2, 0.25) is 0 Å². The monoisotopic (exact) mass is 208 g/mol. The van der Waals surface area contributed by atoms with Crippen LogP contribution in [0.5, 0.6) is 0 Å². The second-order valence-corrected chi connectivity index (χ2v) is 3.36. The van der Waals surface area contributed by atoms with E-state index in [1.54, 1.807) is 0 Å². The largest absolute Gasteiger partial charge is 0.376 e. The Morgan fingerprint density at radius 2 is 2.00 bits per heavy atom. The van der Waals surface area contributed by atoms with Crippen molar-refractivity contribution in [2.45, 2.75) is 26.9 Å². The van der Waals surface area contributed by atoms with Crippen molar-refractivity contribution in [3.8, 4) is 0 Å². The first-order chi connectivity index (χ1) is 7.22. The minimum Gasteiger partial charge on any atom is -0.376 e. The molecule has 0 aliphatic heterocycles. The first-order valence-corrected chi connectivity index (χ1v) is 5.05. The van der Waals surface area contributed by atoms with Gasteiger partial charge in [0.25, 0.3) is 0 Å². The Balaban J connectivity index is 2.40. The van der Waals surface area contributed by atoms with E-state index >= 15 is 0 Å². The molecule has 0 aliphatic rings. The molecule has 82 valence electrons. The van der Waals surface area contributed by atoms with Crippen molar-refractivity contribution in [1.29, 1.82) is 0 Å². The minimum atomic E-state index is 0.261. The lowest BCUT2D eigenvalue weighted by atomic mass is 10.2. The molecule has 0 aromatic heterocycles.